The Bertz CT molecular complexity index is 698. The van der Waals surface area contributed by atoms with Gasteiger partial charge in [-0.1, -0.05) is 67.6 Å². The first-order valence-corrected chi connectivity index (χ1v) is 10.0. The lowest BCUT2D eigenvalue weighted by molar-refractivity contribution is -0.173. The molecule has 0 unspecified atom stereocenters. The Kier molecular flexibility index (Phi) is 7.05. The summed E-state index contributed by atoms with van der Waals surface area (Å²) < 4.78 is 12.1. The minimum absolute atomic E-state index is 0.0576. The molecule has 1 aliphatic rings. The third kappa shape index (κ3) is 5.93. The first-order chi connectivity index (χ1) is 13.1. The Hall–Kier alpha value is -2.13. The number of hydrogen-bond donors (Lipinski definition) is 0. The fourth-order valence-electron chi connectivity index (χ4n) is 3.95. The van der Waals surface area contributed by atoms with E-state index in [1.165, 1.54) is 18.1 Å². The zero-order valence-corrected chi connectivity index (χ0v) is 16.3. The summed E-state index contributed by atoms with van der Waals surface area (Å²) in [4.78, 5) is 11.6. The molecule has 0 aliphatic carbocycles. The zero-order valence-electron chi connectivity index (χ0n) is 16.3. The molecular formula is C24H30O3. The molecule has 3 heteroatoms. The summed E-state index contributed by atoms with van der Waals surface area (Å²) in [5, 5.41) is 0. The molecule has 2 aromatic carbocycles. The average Bonchev–Trinajstić information content (AvgIpc) is 2.68. The second-order valence-corrected chi connectivity index (χ2v) is 7.59. The minimum atomic E-state index is -0.197. The molecule has 2 aromatic rings. The molecule has 1 heterocycles. The lowest BCUT2D eigenvalue weighted by atomic mass is 9.85. The van der Waals surface area contributed by atoms with Crippen LogP contribution in [0.2, 0.25) is 0 Å². The number of ether oxygens (including phenoxy) is 2. The van der Waals surface area contributed by atoms with E-state index < -0.39 is 0 Å². The Labute approximate surface area is 162 Å². The van der Waals surface area contributed by atoms with Gasteiger partial charge in [0.15, 0.2) is 0 Å². The molecular weight excluding hydrogens is 336 g/mol. The maximum atomic E-state index is 11.6. The van der Waals surface area contributed by atoms with Crippen LogP contribution in [0.5, 0.6) is 0 Å². The van der Waals surface area contributed by atoms with E-state index in [9.17, 15) is 4.79 Å². The topological polar surface area (TPSA) is 35.5 Å². The molecule has 3 nitrogen and oxygen atoms in total. The van der Waals surface area contributed by atoms with Crippen molar-refractivity contribution >= 4 is 5.97 Å². The number of rotatable bonds is 7. The number of benzene rings is 2. The van der Waals surface area contributed by atoms with E-state index in [1.54, 1.807) is 0 Å². The molecule has 4 atom stereocenters. The molecule has 3 rings (SSSR count). The van der Waals surface area contributed by atoms with E-state index in [0.717, 1.165) is 32.1 Å². The number of aryl methyl sites for hydroxylation is 2. The lowest BCUT2D eigenvalue weighted by Gasteiger charge is -2.40. The van der Waals surface area contributed by atoms with Gasteiger partial charge in [-0.05, 0) is 36.8 Å². The third-order valence-corrected chi connectivity index (χ3v) is 5.51. The van der Waals surface area contributed by atoms with Crippen LogP contribution in [-0.4, -0.2) is 24.3 Å². The smallest absolute Gasteiger partial charge is 0.302 e. The monoisotopic (exact) mass is 366 g/mol. The molecule has 27 heavy (non-hydrogen) atoms. The van der Waals surface area contributed by atoms with Gasteiger partial charge in [0.05, 0.1) is 12.2 Å². The quantitative estimate of drug-likeness (QED) is 0.649. The maximum absolute atomic E-state index is 11.6. The molecule has 0 amide bonds. The maximum Gasteiger partial charge on any atom is 0.302 e. The Morgan fingerprint density at radius 3 is 2.07 bits per heavy atom. The highest BCUT2D eigenvalue weighted by Crippen LogP contribution is 2.32. The van der Waals surface area contributed by atoms with Crippen LogP contribution in [0.4, 0.5) is 0 Å². The SMILES string of the molecule is CC(=O)O[C@H]1C[C@@H](CCc2ccccc2)O[C@@H](CCc2ccccc2)[C@@H]1C. The molecule has 0 bridgehead atoms. The van der Waals surface area contributed by atoms with Gasteiger partial charge in [0, 0.05) is 19.3 Å². The summed E-state index contributed by atoms with van der Waals surface area (Å²) in [7, 11) is 0. The Morgan fingerprint density at radius 2 is 1.52 bits per heavy atom. The van der Waals surface area contributed by atoms with Crippen molar-refractivity contribution in [2.45, 2.75) is 64.3 Å². The standard InChI is InChI=1S/C24H30O3/c1-18-23(16-14-21-11-7-4-8-12-21)27-22(17-24(18)26-19(2)25)15-13-20-9-5-3-6-10-20/h3-12,18,22-24H,13-17H2,1-2H3/t18-,22+,23-,24-/m0/s1. The van der Waals surface area contributed by atoms with Gasteiger partial charge in [0.1, 0.15) is 6.10 Å². The molecule has 0 radical (unpaired) electrons. The fourth-order valence-corrected chi connectivity index (χ4v) is 3.95. The van der Waals surface area contributed by atoms with Crippen LogP contribution in [0.1, 0.15) is 44.2 Å². The highest BCUT2D eigenvalue weighted by molar-refractivity contribution is 5.66. The summed E-state index contributed by atoms with van der Waals surface area (Å²) in [6.07, 6.45) is 4.84. The third-order valence-electron chi connectivity index (χ3n) is 5.51. The summed E-state index contributed by atoms with van der Waals surface area (Å²) >= 11 is 0. The molecule has 0 spiro atoms. The second-order valence-electron chi connectivity index (χ2n) is 7.59. The summed E-state index contributed by atoms with van der Waals surface area (Å²) in [6.45, 7) is 3.65. The highest BCUT2D eigenvalue weighted by atomic mass is 16.6. The van der Waals surface area contributed by atoms with Gasteiger partial charge in [-0.25, -0.2) is 0 Å². The van der Waals surface area contributed by atoms with Gasteiger partial charge in [-0.15, -0.1) is 0 Å². The van der Waals surface area contributed by atoms with E-state index in [1.807, 2.05) is 12.1 Å². The van der Waals surface area contributed by atoms with Gasteiger partial charge >= 0.3 is 5.97 Å². The predicted octanol–water partition coefficient (Wildman–Crippen LogP) is 4.98. The van der Waals surface area contributed by atoms with Gasteiger partial charge in [-0.3, -0.25) is 4.79 Å². The van der Waals surface area contributed by atoms with Gasteiger partial charge in [0.25, 0.3) is 0 Å². The molecule has 0 aromatic heterocycles. The first-order valence-electron chi connectivity index (χ1n) is 10.0. The number of carbonyl (C=O) groups is 1. The van der Waals surface area contributed by atoms with Gasteiger partial charge < -0.3 is 9.47 Å². The predicted molar refractivity (Wildman–Crippen MR) is 108 cm³/mol. The number of esters is 1. The van der Waals surface area contributed by atoms with Crippen molar-refractivity contribution in [2.24, 2.45) is 5.92 Å². The van der Waals surface area contributed by atoms with Crippen LogP contribution in [0, 0.1) is 5.92 Å². The van der Waals surface area contributed by atoms with E-state index in [0.29, 0.717) is 0 Å². The second kappa shape index (κ2) is 9.70. The van der Waals surface area contributed by atoms with E-state index in [4.69, 9.17) is 9.47 Å². The molecule has 0 N–H and O–H groups in total. The van der Waals surface area contributed by atoms with Crippen LogP contribution in [-0.2, 0) is 27.1 Å². The van der Waals surface area contributed by atoms with Crippen LogP contribution in [0.25, 0.3) is 0 Å². The van der Waals surface area contributed by atoms with Crippen molar-refractivity contribution in [3.63, 3.8) is 0 Å². The fraction of sp³-hybridized carbons (Fsp3) is 0.458. The Balaban J connectivity index is 1.62. The highest BCUT2D eigenvalue weighted by Gasteiger charge is 2.37. The summed E-state index contributed by atoms with van der Waals surface area (Å²) in [5.41, 5.74) is 2.65. The largest absolute Gasteiger partial charge is 0.462 e. The zero-order chi connectivity index (χ0) is 19.1. The molecule has 1 aliphatic heterocycles. The van der Waals surface area contributed by atoms with Crippen molar-refractivity contribution in [1.29, 1.82) is 0 Å². The summed E-state index contributed by atoms with van der Waals surface area (Å²) in [6, 6.07) is 21.0. The average molecular weight is 367 g/mol. The molecule has 144 valence electrons. The molecule has 1 saturated heterocycles. The number of carbonyl (C=O) groups excluding carboxylic acids is 1. The minimum Gasteiger partial charge on any atom is -0.462 e. The normalized spacial score (nSPS) is 25.1. The van der Waals surface area contributed by atoms with Crippen LogP contribution >= 0.6 is 0 Å². The van der Waals surface area contributed by atoms with Crippen molar-refractivity contribution in [1.82, 2.24) is 0 Å². The van der Waals surface area contributed by atoms with Gasteiger partial charge in [0.2, 0.25) is 0 Å². The Morgan fingerprint density at radius 1 is 0.963 bits per heavy atom. The molecule has 0 saturated carbocycles. The van der Waals surface area contributed by atoms with Crippen LogP contribution in [0.15, 0.2) is 60.7 Å². The van der Waals surface area contributed by atoms with E-state index >= 15 is 0 Å². The first kappa shape index (κ1) is 19.6. The van der Waals surface area contributed by atoms with E-state index in [-0.39, 0.29) is 30.2 Å². The number of hydrogen-bond acceptors (Lipinski definition) is 3. The van der Waals surface area contributed by atoms with E-state index in [2.05, 4.69) is 55.5 Å². The van der Waals surface area contributed by atoms with Crippen LogP contribution < -0.4 is 0 Å². The molecule has 1 fully saturated rings. The van der Waals surface area contributed by atoms with Crippen molar-refractivity contribution < 1.29 is 14.3 Å². The summed E-state index contributed by atoms with van der Waals surface area (Å²) in [5.74, 6) is 0.0166. The van der Waals surface area contributed by atoms with Crippen LogP contribution in [0.3, 0.4) is 0 Å². The van der Waals surface area contributed by atoms with Crippen molar-refractivity contribution in [3.05, 3.63) is 71.8 Å². The van der Waals surface area contributed by atoms with Crippen molar-refractivity contribution in [2.75, 3.05) is 0 Å². The lowest BCUT2D eigenvalue weighted by Crippen LogP contribution is -2.45. The van der Waals surface area contributed by atoms with Gasteiger partial charge in [-0.2, -0.15) is 0 Å². The van der Waals surface area contributed by atoms with Crippen molar-refractivity contribution in [3.8, 4) is 0 Å².